The third kappa shape index (κ3) is 6.88. The van der Waals surface area contributed by atoms with Crippen LogP contribution >= 0.6 is 33.9 Å². The maximum Gasteiger partial charge on any atom is 0.234 e. The number of rotatable bonds is 13. The molecule has 1 aromatic heterocycles. The summed E-state index contributed by atoms with van der Waals surface area (Å²) in [6, 6.07) is 7.46. The summed E-state index contributed by atoms with van der Waals surface area (Å²) in [5, 5.41) is 34.2. The minimum Gasteiger partial charge on any atom is -0.504 e. The molecule has 4 rings (SSSR count). The zero-order chi connectivity index (χ0) is 29.7. The Labute approximate surface area is 258 Å². The average Bonchev–Trinajstić information content (AvgIpc) is 3.55. The highest BCUT2D eigenvalue weighted by atomic mass is 127. The molecule has 2 aromatic rings. The molecule has 1 aliphatic carbocycles. The van der Waals surface area contributed by atoms with Crippen LogP contribution in [0.1, 0.15) is 49.5 Å². The number of amides is 2. The maximum atomic E-state index is 13.6. The lowest BCUT2D eigenvalue weighted by molar-refractivity contribution is -0.140. The minimum atomic E-state index is -0.901. The predicted octanol–water partition coefficient (Wildman–Crippen LogP) is 5.15. The van der Waals surface area contributed by atoms with Crippen LogP contribution in [0, 0.1) is 21.3 Å². The Morgan fingerprint density at radius 2 is 2.02 bits per heavy atom. The average molecular weight is 696 g/mol. The van der Waals surface area contributed by atoms with Crippen molar-refractivity contribution in [2.24, 2.45) is 17.8 Å². The second-order valence-corrected chi connectivity index (χ2v) is 12.8. The second kappa shape index (κ2) is 14.3. The van der Waals surface area contributed by atoms with Crippen LogP contribution in [0.25, 0.3) is 6.08 Å². The van der Waals surface area contributed by atoms with Crippen LogP contribution < -0.4 is 4.74 Å². The third-order valence-electron chi connectivity index (χ3n) is 8.00. The molecule has 2 amide bonds. The summed E-state index contributed by atoms with van der Waals surface area (Å²) in [5.74, 6) is -1.91. The number of imide groups is 1. The van der Waals surface area contributed by atoms with Gasteiger partial charge in [-0.15, -0.1) is 11.3 Å². The fourth-order valence-electron chi connectivity index (χ4n) is 6.18. The minimum absolute atomic E-state index is 0.106. The van der Waals surface area contributed by atoms with E-state index in [0.29, 0.717) is 34.2 Å². The van der Waals surface area contributed by atoms with Gasteiger partial charge in [-0.05, 0) is 88.6 Å². The van der Waals surface area contributed by atoms with Crippen molar-refractivity contribution in [2.45, 2.75) is 51.7 Å². The SMILES string of the molecule is CCC/C(=C\c1cc(I)c(O)c(OC)c1)CC[C@@H](O)C1=C(COC)C[C@H]2C(=O)N(Cc3cccs3)C(=O)[C@H]2[C@H]1CO. The molecule has 1 fully saturated rings. The summed E-state index contributed by atoms with van der Waals surface area (Å²) in [5.41, 5.74) is 3.45. The highest BCUT2D eigenvalue weighted by Crippen LogP contribution is 2.47. The molecule has 41 heavy (non-hydrogen) atoms. The number of methoxy groups -OCH3 is 2. The molecule has 1 aliphatic heterocycles. The van der Waals surface area contributed by atoms with Crippen molar-refractivity contribution in [3.63, 3.8) is 0 Å². The number of ether oxygens (including phenoxy) is 2. The van der Waals surface area contributed by atoms with Gasteiger partial charge in [0.15, 0.2) is 11.5 Å². The second-order valence-electron chi connectivity index (χ2n) is 10.6. The number of aliphatic hydroxyl groups excluding tert-OH is 2. The summed E-state index contributed by atoms with van der Waals surface area (Å²) in [4.78, 5) is 29.2. The highest BCUT2D eigenvalue weighted by molar-refractivity contribution is 14.1. The van der Waals surface area contributed by atoms with Crippen molar-refractivity contribution in [3.8, 4) is 11.5 Å². The molecule has 2 aliphatic rings. The van der Waals surface area contributed by atoms with Crippen LogP contribution in [-0.4, -0.2) is 65.6 Å². The molecule has 10 heteroatoms. The number of nitrogens with zero attached hydrogens (tertiary/aromatic N) is 1. The van der Waals surface area contributed by atoms with Crippen LogP contribution in [0.4, 0.5) is 0 Å². The van der Waals surface area contributed by atoms with Crippen molar-refractivity contribution in [3.05, 3.63) is 60.4 Å². The quantitative estimate of drug-likeness (QED) is 0.151. The monoisotopic (exact) mass is 695 g/mol. The number of thiophene rings is 1. The molecule has 0 saturated carbocycles. The lowest BCUT2D eigenvalue weighted by Crippen LogP contribution is -2.39. The van der Waals surface area contributed by atoms with Crippen LogP contribution in [0.3, 0.4) is 0 Å². The lowest BCUT2D eigenvalue weighted by Gasteiger charge is -2.36. The molecular formula is C31H38INO7S. The Balaban J connectivity index is 1.58. The molecule has 4 atom stereocenters. The molecule has 3 N–H and O–H groups in total. The number of hydrogen-bond acceptors (Lipinski definition) is 8. The first-order valence-corrected chi connectivity index (χ1v) is 15.8. The number of fused-ring (bicyclic) bond motifs is 1. The van der Waals surface area contributed by atoms with Gasteiger partial charge in [-0.2, -0.15) is 0 Å². The van der Waals surface area contributed by atoms with E-state index in [0.717, 1.165) is 34.4 Å². The largest absolute Gasteiger partial charge is 0.504 e. The lowest BCUT2D eigenvalue weighted by atomic mass is 9.68. The molecule has 1 aromatic carbocycles. The third-order valence-corrected chi connectivity index (χ3v) is 9.68. The number of likely N-dealkylation sites (tertiary alicyclic amines) is 1. The molecule has 2 heterocycles. The number of carbonyl (C=O) groups is 2. The van der Waals surface area contributed by atoms with E-state index in [4.69, 9.17) is 9.47 Å². The Hall–Kier alpha value is -2.25. The van der Waals surface area contributed by atoms with Gasteiger partial charge in [0.2, 0.25) is 11.8 Å². The van der Waals surface area contributed by atoms with Crippen LogP contribution in [-0.2, 0) is 20.9 Å². The van der Waals surface area contributed by atoms with E-state index in [2.05, 4.69) is 35.6 Å². The van der Waals surface area contributed by atoms with Crippen molar-refractivity contribution < 1.29 is 34.4 Å². The fourth-order valence-corrected chi connectivity index (χ4v) is 7.50. The van der Waals surface area contributed by atoms with E-state index < -0.39 is 23.9 Å². The standard InChI is InChI=1S/C31H38INO7S/c1-4-6-18(11-19-12-24(32)29(36)26(13-19)40-3)8-9-25(35)27-20(17-39-2)14-22-28(23(27)16-34)31(38)33(30(22)37)15-21-7-5-10-41-21/h5,7,10-13,22-23,25,28,34-36H,4,6,8-9,14-17H2,1-3H3/b18-11+/t22-,23+,25-,28-/m1/s1. The van der Waals surface area contributed by atoms with Gasteiger partial charge in [0, 0.05) is 17.9 Å². The number of phenols is 1. The summed E-state index contributed by atoms with van der Waals surface area (Å²) in [7, 11) is 3.08. The molecular weight excluding hydrogens is 657 g/mol. The Bertz CT molecular complexity index is 1310. The first kappa shape index (κ1) is 31.7. The van der Waals surface area contributed by atoms with Crippen molar-refractivity contribution >= 4 is 51.8 Å². The van der Waals surface area contributed by atoms with E-state index in [9.17, 15) is 24.9 Å². The van der Waals surface area contributed by atoms with Crippen molar-refractivity contribution in [1.29, 1.82) is 0 Å². The van der Waals surface area contributed by atoms with Gasteiger partial charge in [-0.3, -0.25) is 14.5 Å². The summed E-state index contributed by atoms with van der Waals surface area (Å²) < 4.78 is 11.5. The summed E-state index contributed by atoms with van der Waals surface area (Å²) in [6.07, 6.45) is 4.24. The number of phenolic OH excluding ortho intramolecular Hbond substituents is 1. The molecule has 8 nitrogen and oxygen atoms in total. The van der Waals surface area contributed by atoms with Crippen molar-refractivity contribution in [2.75, 3.05) is 27.4 Å². The van der Waals surface area contributed by atoms with Crippen LogP contribution in [0.5, 0.6) is 11.5 Å². The molecule has 0 radical (unpaired) electrons. The van der Waals surface area contributed by atoms with E-state index in [1.54, 1.807) is 13.2 Å². The number of carbonyl (C=O) groups excluding carboxylic acids is 2. The topological polar surface area (TPSA) is 117 Å². The van der Waals surface area contributed by atoms with Gasteiger partial charge < -0.3 is 24.8 Å². The number of aliphatic hydroxyl groups is 2. The number of hydrogen-bond donors (Lipinski definition) is 3. The fraction of sp³-hybridized carbons (Fsp3) is 0.484. The first-order chi connectivity index (χ1) is 19.7. The Morgan fingerprint density at radius 1 is 1.24 bits per heavy atom. The van der Waals surface area contributed by atoms with E-state index in [1.165, 1.54) is 23.3 Å². The van der Waals surface area contributed by atoms with Gasteiger partial charge in [-0.25, -0.2) is 0 Å². The smallest absolute Gasteiger partial charge is 0.234 e. The molecule has 0 spiro atoms. The van der Waals surface area contributed by atoms with Crippen molar-refractivity contribution in [1.82, 2.24) is 4.90 Å². The summed E-state index contributed by atoms with van der Waals surface area (Å²) >= 11 is 3.57. The molecule has 1 saturated heterocycles. The number of aromatic hydroxyl groups is 1. The van der Waals surface area contributed by atoms with E-state index in [-0.39, 0.29) is 37.3 Å². The maximum absolute atomic E-state index is 13.6. The normalized spacial score (nSPS) is 22.0. The molecule has 0 bridgehead atoms. The van der Waals surface area contributed by atoms with E-state index in [1.807, 2.05) is 23.6 Å². The van der Waals surface area contributed by atoms with Crippen LogP contribution in [0.15, 0.2) is 46.4 Å². The molecule has 0 unspecified atom stereocenters. The number of benzene rings is 1. The number of halogens is 1. The van der Waals surface area contributed by atoms with Gasteiger partial charge in [-0.1, -0.05) is 31.1 Å². The van der Waals surface area contributed by atoms with Gasteiger partial charge in [0.25, 0.3) is 0 Å². The van der Waals surface area contributed by atoms with E-state index >= 15 is 0 Å². The first-order valence-electron chi connectivity index (χ1n) is 13.9. The van der Waals surface area contributed by atoms with Crippen LogP contribution in [0.2, 0.25) is 0 Å². The Morgan fingerprint density at radius 3 is 2.66 bits per heavy atom. The Kier molecular flexibility index (Phi) is 11.0. The highest BCUT2D eigenvalue weighted by Gasteiger charge is 2.54. The van der Waals surface area contributed by atoms with Gasteiger partial charge in [0.1, 0.15) is 0 Å². The summed E-state index contributed by atoms with van der Waals surface area (Å²) in [6.45, 7) is 2.21. The van der Waals surface area contributed by atoms with Gasteiger partial charge in [0.05, 0.1) is 48.4 Å². The van der Waals surface area contributed by atoms with Gasteiger partial charge >= 0.3 is 0 Å². The predicted molar refractivity (Wildman–Crippen MR) is 166 cm³/mol. The zero-order valence-corrected chi connectivity index (χ0v) is 26.6. The number of allylic oxidation sites excluding steroid dienone is 1. The molecule has 222 valence electrons. The zero-order valence-electron chi connectivity index (χ0n) is 23.6.